The lowest BCUT2D eigenvalue weighted by Crippen LogP contribution is -2.20. The maximum Gasteiger partial charge on any atom is 0.0698 e. The SMILES string of the molecule is CC(NSC(C)(C)C)c1cccc2cn[nH]c12. The predicted octanol–water partition coefficient (Wildman–Crippen LogP) is 3.66. The molecule has 1 unspecified atom stereocenters. The fourth-order valence-electron chi connectivity index (χ4n) is 1.68. The van der Waals surface area contributed by atoms with Gasteiger partial charge in [0, 0.05) is 16.2 Å². The number of benzene rings is 1. The van der Waals surface area contributed by atoms with Crippen molar-refractivity contribution in [2.75, 3.05) is 0 Å². The zero-order valence-electron chi connectivity index (χ0n) is 10.7. The van der Waals surface area contributed by atoms with Crippen molar-refractivity contribution in [1.29, 1.82) is 0 Å². The van der Waals surface area contributed by atoms with Crippen molar-refractivity contribution in [3.8, 4) is 0 Å². The molecule has 1 aromatic heterocycles. The summed E-state index contributed by atoms with van der Waals surface area (Å²) in [5, 5.41) is 8.32. The standard InChI is InChI=1S/C13H19N3S/c1-9(16-17-13(2,3)4)11-7-5-6-10-8-14-15-12(10)11/h5-9,16H,1-4H3,(H,14,15). The highest BCUT2D eigenvalue weighted by molar-refractivity contribution is 7.98. The Hall–Kier alpha value is -1.00. The summed E-state index contributed by atoms with van der Waals surface area (Å²) < 4.78 is 3.71. The summed E-state index contributed by atoms with van der Waals surface area (Å²) in [5.74, 6) is 0. The first-order chi connectivity index (χ1) is 7.97. The van der Waals surface area contributed by atoms with Crippen molar-refractivity contribution >= 4 is 22.9 Å². The van der Waals surface area contributed by atoms with E-state index in [9.17, 15) is 0 Å². The first-order valence-electron chi connectivity index (χ1n) is 5.83. The Morgan fingerprint density at radius 3 is 2.82 bits per heavy atom. The maximum absolute atomic E-state index is 4.09. The summed E-state index contributed by atoms with van der Waals surface area (Å²) in [5.41, 5.74) is 2.39. The van der Waals surface area contributed by atoms with Crippen molar-refractivity contribution in [1.82, 2.24) is 14.9 Å². The highest BCUT2D eigenvalue weighted by atomic mass is 32.2. The molecular weight excluding hydrogens is 230 g/mol. The lowest BCUT2D eigenvalue weighted by molar-refractivity contribution is 0.727. The highest BCUT2D eigenvalue weighted by Crippen LogP contribution is 2.27. The molecule has 0 saturated carbocycles. The minimum absolute atomic E-state index is 0.218. The Kier molecular flexibility index (Phi) is 3.45. The van der Waals surface area contributed by atoms with Crippen molar-refractivity contribution in [2.24, 2.45) is 0 Å². The van der Waals surface area contributed by atoms with Gasteiger partial charge in [-0.3, -0.25) is 9.82 Å². The number of aromatic amines is 1. The van der Waals surface area contributed by atoms with Crippen LogP contribution in [0.2, 0.25) is 0 Å². The third-order valence-corrected chi connectivity index (χ3v) is 3.60. The van der Waals surface area contributed by atoms with Gasteiger partial charge in [0.05, 0.1) is 11.7 Å². The molecule has 0 aliphatic heterocycles. The Labute approximate surface area is 107 Å². The number of fused-ring (bicyclic) bond motifs is 1. The van der Waals surface area contributed by atoms with E-state index in [0.717, 1.165) is 10.9 Å². The molecule has 0 amide bonds. The summed E-state index contributed by atoms with van der Waals surface area (Å²) in [6, 6.07) is 6.59. The Bertz CT molecular complexity index is 499. The van der Waals surface area contributed by atoms with Crippen LogP contribution in [0.3, 0.4) is 0 Å². The molecule has 1 aromatic carbocycles. The van der Waals surface area contributed by atoms with E-state index in [1.807, 2.05) is 6.20 Å². The number of rotatable bonds is 3. The highest BCUT2D eigenvalue weighted by Gasteiger charge is 2.15. The van der Waals surface area contributed by atoms with Gasteiger partial charge < -0.3 is 0 Å². The fraction of sp³-hybridized carbons (Fsp3) is 0.462. The van der Waals surface area contributed by atoms with E-state index in [1.54, 1.807) is 11.9 Å². The lowest BCUT2D eigenvalue weighted by atomic mass is 10.1. The molecular formula is C13H19N3S. The molecule has 0 spiro atoms. The normalized spacial score (nSPS) is 14.1. The molecule has 1 atom stereocenters. The summed E-state index contributed by atoms with van der Waals surface area (Å²) >= 11 is 1.76. The lowest BCUT2D eigenvalue weighted by Gasteiger charge is -2.22. The molecule has 2 N–H and O–H groups in total. The van der Waals surface area contributed by atoms with Gasteiger partial charge in [0.25, 0.3) is 0 Å². The summed E-state index contributed by atoms with van der Waals surface area (Å²) in [6.45, 7) is 8.78. The average Bonchev–Trinajstić information content (AvgIpc) is 2.72. The maximum atomic E-state index is 4.09. The molecule has 0 aliphatic rings. The molecule has 3 nitrogen and oxygen atoms in total. The molecule has 0 bridgehead atoms. The molecule has 92 valence electrons. The van der Waals surface area contributed by atoms with Gasteiger partial charge in [0.1, 0.15) is 0 Å². The van der Waals surface area contributed by atoms with Gasteiger partial charge in [0.15, 0.2) is 0 Å². The fourth-order valence-corrected chi connectivity index (χ4v) is 2.34. The molecule has 4 heteroatoms. The van der Waals surface area contributed by atoms with Crippen LogP contribution >= 0.6 is 11.9 Å². The van der Waals surface area contributed by atoms with Gasteiger partial charge in [-0.25, -0.2) is 0 Å². The van der Waals surface area contributed by atoms with Gasteiger partial charge in [-0.05, 0) is 33.3 Å². The zero-order valence-corrected chi connectivity index (χ0v) is 11.6. The topological polar surface area (TPSA) is 40.7 Å². The Morgan fingerprint density at radius 1 is 1.35 bits per heavy atom. The quantitative estimate of drug-likeness (QED) is 0.816. The number of hydrogen-bond donors (Lipinski definition) is 2. The van der Waals surface area contributed by atoms with Gasteiger partial charge in [-0.1, -0.05) is 30.1 Å². The van der Waals surface area contributed by atoms with Crippen LogP contribution in [0.5, 0.6) is 0 Å². The number of nitrogens with zero attached hydrogens (tertiary/aromatic N) is 1. The first kappa shape index (κ1) is 12.5. The number of hydrogen-bond acceptors (Lipinski definition) is 3. The smallest absolute Gasteiger partial charge is 0.0698 e. The van der Waals surface area contributed by atoms with E-state index in [1.165, 1.54) is 5.56 Å². The summed E-state index contributed by atoms with van der Waals surface area (Å²) in [4.78, 5) is 0. The van der Waals surface area contributed by atoms with Gasteiger partial charge >= 0.3 is 0 Å². The van der Waals surface area contributed by atoms with Crippen LogP contribution in [0.25, 0.3) is 10.9 Å². The van der Waals surface area contributed by atoms with Crippen LogP contribution in [0, 0.1) is 0 Å². The Morgan fingerprint density at radius 2 is 2.12 bits per heavy atom. The van der Waals surface area contributed by atoms with E-state index >= 15 is 0 Å². The van der Waals surface area contributed by atoms with Crippen LogP contribution in [0.15, 0.2) is 24.4 Å². The van der Waals surface area contributed by atoms with E-state index < -0.39 is 0 Å². The minimum Gasteiger partial charge on any atom is -0.277 e. The van der Waals surface area contributed by atoms with Gasteiger partial charge in [-0.15, -0.1) is 0 Å². The van der Waals surface area contributed by atoms with Crippen LogP contribution in [0.1, 0.15) is 39.3 Å². The van der Waals surface area contributed by atoms with Crippen molar-refractivity contribution in [3.63, 3.8) is 0 Å². The summed E-state index contributed by atoms with van der Waals surface area (Å²) in [6.07, 6.45) is 1.86. The number of aromatic nitrogens is 2. The molecule has 1 heterocycles. The molecule has 0 radical (unpaired) electrons. The van der Waals surface area contributed by atoms with E-state index in [-0.39, 0.29) is 4.75 Å². The van der Waals surface area contributed by atoms with Crippen LogP contribution in [0.4, 0.5) is 0 Å². The number of para-hydroxylation sites is 1. The second-order valence-electron chi connectivity index (χ2n) is 5.24. The molecule has 0 aliphatic carbocycles. The van der Waals surface area contributed by atoms with Crippen molar-refractivity contribution in [2.45, 2.75) is 38.5 Å². The average molecular weight is 249 g/mol. The van der Waals surface area contributed by atoms with Gasteiger partial charge in [0.2, 0.25) is 0 Å². The largest absolute Gasteiger partial charge is 0.277 e. The van der Waals surface area contributed by atoms with Crippen LogP contribution in [-0.4, -0.2) is 14.9 Å². The predicted molar refractivity (Wildman–Crippen MR) is 75.0 cm³/mol. The monoisotopic (exact) mass is 249 g/mol. The molecule has 17 heavy (non-hydrogen) atoms. The molecule has 2 rings (SSSR count). The third-order valence-electron chi connectivity index (χ3n) is 2.52. The van der Waals surface area contributed by atoms with Crippen LogP contribution in [-0.2, 0) is 0 Å². The van der Waals surface area contributed by atoms with Gasteiger partial charge in [-0.2, -0.15) is 5.10 Å². The molecule has 0 fully saturated rings. The van der Waals surface area contributed by atoms with Crippen LogP contribution < -0.4 is 4.72 Å². The second-order valence-corrected chi connectivity index (χ2v) is 6.90. The Balaban J connectivity index is 2.19. The molecule has 0 saturated heterocycles. The zero-order chi connectivity index (χ0) is 12.5. The first-order valence-corrected chi connectivity index (χ1v) is 6.64. The van der Waals surface area contributed by atoms with Crippen molar-refractivity contribution in [3.05, 3.63) is 30.0 Å². The van der Waals surface area contributed by atoms with Crippen molar-refractivity contribution < 1.29 is 0 Å². The van der Waals surface area contributed by atoms with E-state index in [0.29, 0.717) is 6.04 Å². The molecule has 2 aromatic rings. The minimum atomic E-state index is 0.218. The second kappa shape index (κ2) is 4.70. The van der Waals surface area contributed by atoms with E-state index in [4.69, 9.17) is 0 Å². The summed E-state index contributed by atoms with van der Waals surface area (Å²) in [7, 11) is 0. The number of H-pyrrole nitrogens is 1. The number of nitrogens with one attached hydrogen (secondary N) is 2. The third kappa shape index (κ3) is 3.01. The van der Waals surface area contributed by atoms with E-state index in [2.05, 4.69) is 60.8 Å².